The molecule has 1 aliphatic heterocycles. The Labute approximate surface area is 71.5 Å². The molecule has 3 heteroatoms. The average molecular weight is 173 g/mol. The Morgan fingerprint density at radius 3 is 2.36 bits per heavy atom. The second-order valence-corrected chi connectivity index (χ2v) is 4.95. The van der Waals surface area contributed by atoms with Gasteiger partial charge >= 0.3 is 0 Å². The molecule has 0 amide bonds. The lowest BCUT2D eigenvalue weighted by Crippen LogP contribution is -2.64. The molecule has 64 valence electrons. The van der Waals surface area contributed by atoms with Gasteiger partial charge in [-0.1, -0.05) is 0 Å². The third-order valence-electron chi connectivity index (χ3n) is 3.16. The highest BCUT2D eigenvalue weighted by molar-refractivity contribution is 7.99. The van der Waals surface area contributed by atoms with Crippen LogP contribution < -0.4 is 5.73 Å². The lowest BCUT2D eigenvalue weighted by molar-refractivity contribution is -0.0885. The van der Waals surface area contributed by atoms with Crippen molar-refractivity contribution in [2.75, 3.05) is 11.5 Å². The predicted octanol–water partition coefficient (Wildman–Crippen LogP) is 0.736. The molecule has 11 heavy (non-hydrogen) atoms. The fraction of sp³-hybridized carbons (Fsp3) is 1.00. The number of aliphatic hydroxyl groups is 1. The normalized spacial score (nSPS) is 42.0. The van der Waals surface area contributed by atoms with Crippen molar-refractivity contribution in [3.63, 3.8) is 0 Å². The first kappa shape index (κ1) is 7.90. The first-order chi connectivity index (χ1) is 5.16. The van der Waals surface area contributed by atoms with E-state index in [2.05, 4.69) is 0 Å². The Morgan fingerprint density at radius 2 is 2.00 bits per heavy atom. The smallest absolute Gasteiger partial charge is 0.0834 e. The summed E-state index contributed by atoms with van der Waals surface area (Å²) in [5.74, 6) is 2.07. The third-order valence-corrected chi connectivity index (χ3v) is 4.37. The van der Waals surface area contributed by atoms with Gasteiger partial charge in [-0.05, 0) is 31.4 Å². The topological polar surface area (TPSA) is 46.2 Å². The average Bonchev–Trinajstić information content (AvgIpc) is 2.32. The molecule has 3 N–H and O–H groups in total. The number of rotatable bonds is 1. The van der Waals surface area contributed by atoms with Gasteiger partial charge in [-0.25, -0.2) is 0 Å². The van der Waals surface area contributed by atoms with Crippen molar-refractivity contribution >= 4 is 11.8 Å². The molecule has 1 aliphatic carbocycles. The monoisotopic (exact) mass is 173 g/mol. The van der Waals surface area contributed by atoms with Crippen LogP contribution in [0.15, 0.2) is 0 Å². The van der Waals surface area contributed by atoms with Crippen molar-refractivity contribution < 1.29 is 5.11 Å². The first-order valence-corrected chi connectivity index (χ1v) is 5.41. The first-order valence-electron chi connectivity index (χ1n) is 4.25. The van der Waals surface area contributed by atoms with Gasteiger partial charge in [0.2, 0.25) is 0 Å². The van der Waals surface area contributed by atoms with Crippen LogP contribution in [-0.2, 0) is 0 Å². The minimum atomic E-state index is -0.503. The maximum Gasteiger partial charge on any atom is 0.0834 e. The maximum atomic E-state index is 10.0. The molecule has 1 unspecified atom stereocenters. The van der Waals surface area contributed by atoms with Crippen LogP contribution in [0, 0.1) is 0 Å². The molecule has 0 aromatic heterocycles. The Balaban J connectivity index is 2.11. The summed E-state index contributed by atoms with van der Waals surface area (Å²) in [4.78, 5) is 0. The zero-order valence-electron chi connectivity index (χ0n) is 6.68. The third kappa shape index (κ3) is 1.02. The van der Waals surface area contributed by atoms with E-state index in [0.29, 0.717) is 0 Å². The van der Waals surface area contributed by atoms with Gasteiger partial charge in [-0.2, -0.15) is 11.8 Å². The number of nitrogens with two attached hydrogens (primary N) is 1. The van der Waals surface area contributed by atoms with Crippen LogP contribution in [0.4, 0.5) is 0 Å². The van der Waals surface area contributed by atoms with E-state index in [1.165, 1.54) is 0 Å². The van der Waals surface area contributed by atoms with Crippen molar-refractivity contribution in [3.8, 4) is 0 Å². The number of hydrogen-bond donors (Lipinski definition) is 2. The SMILES string of the molecule is NC1(C2(O)CCC2)CCSC1. The van der Waals surface area contributed by atoms with E-state index in [-0.39, 0.29) is 5.54 Å². The van der Waals surface area contributed by atoms with Crippen LogP contribution >= 0.6 is 11.8 Å². The van der Waals surface area contributed by atoms with Gasteiger partial charge < -0.3 is 10.8 Å². The van der Waals surface area contributed by atoms with E-state index < -0.39 is 5.60 Å². The predicted molar refractivity (Wildman–Crippen MR) is 47.7 cm³/mol. The lowest BCUT2D eigenvalue weighted by Gasteiger charge is -2.48. The minimum absolute atomic E-state index is 0.254. The van der Waals surface area contributed by atoms with Gasteiger partial charge in [0.05, 0.1) is 11.1 Å². The van der Waals surface area contributed by atoms with Crippen LogP contribution in [0.5, 0.6) is 0 Å². The molecule has 1 saturated heterocycles. The Hall–Kier alpha value is 0.270. The quantitative estimate of drug-likeness (QED) is 0.614. The molecule has 0 spiro atoms. The fourth-order valence-corrected chi connectivity index (χ4v) is 3.39. The van der Waals surface area contributed by atoms with E-state index in [1.807, 2.05) is 11.8 Å². The van der Waals surface area contributed by atoms with Crippen LogP contribution in [0.2, 0.25) is 0 Å². The summed E-state index contributed by atoms with van der Waals surface area (Å²) in [6, 6.07) is 0. The molecule has 2 aliphatic rings. The van der Waals surface area contributed by atoms with Crippen molar-refractivity contribution in [2.45, 2.75) is 36.8 Å². The molecule has 1 atom stereocenters. The molecule has 2 nitrogen and oxygen atoms in total. The molecular weight excluding hydrogens is 158 g/mol. The molecule has 2 fully saturated rings. The molecule has 0 aromatic rings. The van der Waals surface area contributed by atoms with Crippen molar-refractivity contribution in [1.82, 2.24) is 0 Å². The molecule has 2 rings (SSSR count). The molecule has 0 aromatic carbocycles. The van der Waals surface area contributed by atoms with E-state index in [0.717, 1.165) is 37.2 Å². The highest BCUT2D eigenvalue weighted by Gasteiger charge is 2.52. The summed E-state index contributed by atoms with van der Waals surface area (Å²) in [7, 11) is 0. The van der Waals surface area contributed by atoms with Gasteiger partial charge in [0.1, 0.15) is 0 Å². The van der Waals surface area contributed by atoms with Gasteiger partial charge in [0.15, 0.2) is 0 Å². The zero-order chi connectivity index (χ0) is 7.95. The summed E-state index contributed by atoms with van der Waals surface area (Å²) in [5, 5.41) is 10.0. The van der Waals surface area contributed by atoms with Gasteiger partial charge in [-0.3, -0.25) is 0 Å². The standard InChI is InChI=1S/C8H15NOS/c9-7(4-5-11-6-7)8(10)2-1-3-8/h10H,1-6,9H2. The van der Waals surface area contributed by atoms with Crippen LogP contribution in [0.25, 0.3) is 0 Å². The summed E-state index contributed by atoms with van der Waals surface area (Å²) < 4.78 is 0. The molecule has 1 heterocycles. The van der Waals surface area contributed by atoms with E-state index in [4.69, 9.17) is 5.73 Å². The highest BCUT2D eigenvalue weighted by Crippen LogP contribution is 2.45. The van der Waals surface area contributed by atoms with E-state index >= 15 is 0 Å². The minimum Gasteiger partial charge on any atom is -0.388 e. The second kappa shape index (κ2) is 2.38. The van der Waals surface area contributed by atoms with Gasteiger partial charge in [0, 0.05) is 5.75 Å². The maximum absolute atomic E-state index is 10.0. The Morgan fingerprint density at radius 1 is 1.27 bits per heavy atom. The summed E-state index contributed by atoms with van der Waals surface area (Å²) in [5.41, 5.74) is 5.37. The van der Waals surface area contributed by atoms with Crippen molar-refractivity contribution in [2.24, 2.45) is 5.73 Å². The van der Waals surface area contributed by atoms with Crippen molar-refractivity contribution in [1.29, 1.82) is 0 Å². The molecule has 1 saturated carbocycles. The summed E-state index contributed by atoms with van der Waals surface area (Å²) >= 11 is 1.87. The fourth-order valence-electron chi connectivity index (χ4n) is 1.96. The van der Waals surface area contributed by atoms with E-state index in [9.17, 15) is 5.11 Å². The number of thioether (sulfide) groups is 1. The van der Waals surface area contributed by atoms with Crippen LogP contribution in [-0.4, -0.2) is 27.8 Å². The summed E-state index contributed by atoms with van der Waals surface area (Å²) in [6.07, 6.45) is 3.99. The Kier molecular flexibility index (Phi) is 1.71. The van der Waals surface area contributed by atoms with Crippen LogP contribution in [0.1, 0.15) is 25.7 Å². The van der Waals surface area contributed by atoms with Crippen molar-refractivity contribution in [3.05, 3.63) is 0 Å². The van der Waals surface area contributed by atoms with E-state index in [1.54, 1.807) is 0 Å². The number of hydrogen-bond acceptors (Lipinski definition) is 3. The lowest BCUT2D eigenvalue weighted by atomic mass is 9.66. The summed E-state index contributed by atoms with van der Waals surface area (Å²) in [6.45, 7) is 0. The largest absolute Gasteiger partial charge is 0.388 e. The second-order valence-electron chi connectivity index (χ2n) is 3.84. The highest BCUT2D eigenvalue weighted by atomic mass is 32.2. The van der Waals surface area contributed by atoms with Gasteiger partial charge in [0.25, 0.3) is 0 Å². The zero-order valence-corrected chi connectivity index (χ0v) is 7.49. The van der Waals surface area contributed by atoms with Crippen LogP contribution in [0.3, 0.4) is 0 Å². The van der Waals surface area contributed by atoms with Gasteiger partial charge in [-0.15, -0.1) is 0 Å². The molecule has 0 radical (unpaired) electrons. The molecule has 0 bridgehead atoms. The Bertz CT molecular complexity index is 161. The molecular formula is C8H15NOS.